The monoisotopic (exact) mass is 439 g/mol. The van der Waals surface area contributed by atoms with E-state index in [1.165, 1.54) is 16.9 Å². The van der Waals surface area contributed by atoms with Gasteiger partial charge in [0, 0.05) is 16.0 Å². The van der Waals surface area contributed by atoms with Gasteiger partial charge >= 0.3 is 0 Å². The predicted octanol–water partition coefficient (Wildman–Crippen LogP) is 5.60. The number of carbonyl (C=O) groups is 1. The zero-order valence-electron chi connectivity index (χ0n) is 17.3. The number of anilines is 1. The van der Waals surface area contributed by atoms with Crippen molar-refractivity contribution in [3.8, 4) is 17.0 Å². The summed E-state index contributed by atoms with van der Waals surface area (Å²) in [5.41, 5.74) is 3.78. The van der Waals surface area contributed by atoms with Crippen LogP contribution in [0.2, 0.25) is 0 Å². The smallest absolute Gasteiger partial charge is 0.257 e. The van der Waals surface area contributed by atoms with Crippen molar-refractivity contribution in [3.05, 3.63) is 64.5 Å². The van der Waals surface area contributed by atoms with Crippen LogP contribution in [-0.2, 0) is 6.42 Å². The number of rotatable bonds is 7. The molecule has 0 atom stereocenters. The summed E-state index contributed by atoms with van der Waals surface area (Å²) in [6.45, 7) is 6.85. The van der Waals surface area contributed by atoms with Gasteiger partial charge in [-0.25, -0.2) is 4.98 Å². The molecule has 0 aliphatic carbocycles. The van der Waals surface area contributed by atoms with Gasteiger partial charge in [0.15, 0.2) is 10.2 Å². The Morgan fingerprint density at radius 1 is 1.10 bits per heavy atom. The molecule has 156 valence electrons. The minimum atomic E-state index is -0.279. The van der Waals surface area contributed by atoms with E-state index in [-0.39, 0.29) is 11.0 Å². The van der Waals surface area contributed by atoms with E-state index in [0.717, 1.165) is 34.7 Å². The number of hydrogen-bond acceptors (Lipinski definition) is 5. The topological polar surface area (TPSA) is 63.2 Å². The Balaban J connectivity index is 1.61. The first-order valence-corrected chi connectivity index (χ1v) is 11.1. The third-order valence-corrected chi connectivity index (χ3v) is 5.56. The molecule has 30 heavy (non-hydrogen) atoms. The largest absolute Gasteiger partial charge is 0.494 e. The number of nitrogens with one attached hydrogen (secondary N) is 2. The Morgan fingerprint density at radius 2 is 1.80 bits per heavy atom. The third-order valence-electron chi connectivity index (χ3n) is 4.47. The molecular weight excluding hydrogens is 414 g/mol. The number of aromatic nitrogens is 1. The van der Waals surface area contributed by atoms with Crippen LogP contribution < -0.4 is 15.4 Å². The number of amides is 1. The molecule has 1 amide bonds. The number of hydrogen-bond donors (Lipinski definition) is 2. The van der Waals surface area contributed by atoms with Crippen molar-refractivity contribution in [1.82, 2.24) is 10.3 Å². The molecule has 2 aromatic carbocycles. The molecule has 1 heterocycles. The molecule has 0 saturated carbocycles. The van der Waals surface area contributed by atoms with Gasteiger partial charge in [-0.2, -0.15) is 0 Å². The van der Waals surface area contributed by atoms with E-state index in [0.29, 0.717) is 17.3 Å². The number of carbonyl (C=O) groups excluding carboxylic acids is 1. The van der Waals surface area contributed by atoms with Crippen molar-refractivity contribution in [2.45, 2.75) is 33.6 Å². The summed E-state index contributed by atoms with van der Waals surface area (Å²) < 4.78 is 5.54. The Morgan fingerprint density at radius 3 is 2.43 bits per heavy atom. The molecule has 2 N–H and O–H groups in total. The summed E-state index contributed by atoms with van der Waals surface area (Å²) in [6.07, 6.45) is 1.94. The number of thiocarbonyl (C=S) groups is 1. The lowest BCUT2D eigenvalue weighted by Gasteiger charge is -2.08. The molecule has 0 fully saturated rings. The molecule has 3 aromatic rings. The Hall–Kier alpha value is -2.77. The van der Waals surface area contributed by atoms with Crippen molar-refractivity contribution in [1.29, 1.82) is 0 Å². The lowest BCUT2D eigenvalue weighted by atomic mass is 10.1. The van der Waals surface area contributed by atoms with Gasteiger partial charge in [0.1, 0.15) is 5.75 Å². The molecule has 1 aromatic heterocycles. The van der Waals surface area contributed by atoms with Crippen LogP contribution in [0.5, 0.6) is 5.75 Å². The SMILES string of the molecule is CCCOc1ccc(C(=O)NC(=S)Nc2nc(-c3ccc(CC)cc3)c(C)s2)cc1. The van der Waals surface area contributed by atoms with Crippen LogP contribution in [0.4, 0.5) is 5.13 Å². The summed E-state index contributed by atoms with van der Waals surface area (Å²) in [6, 6.07) is 15.4. The average Bonchev–Trinajstić information content (AvgIpc) is 3.12. The molecule has 0 bridgehead atoms. The maximum Gasteiger partial charge on any atom is 0.257 e. The second kappa shape index (κ2) is 10.3. The number of benzene rings is 2. The minimum Gasteiger partial charge on any atom is -0.494 e. The van der Waals surface area contributed by atoms with E-state index >= 15 is 0 Å². The van der Waals surface area contributed by atoms with Crippen LogP contribution >= 0.6 is 23.6 Å². The summed E-state index contributed by atoms with van der Waals surface area (Å²) in [4.78, 5) is 18.2. The average molecular weight is 440 g/mol. The first-order valence-electron chi connectivity index (χ1n) is 9.92. The van der Waals surface area contributed by atoms with Gasteiger partial charge in [0.05, 0.1) is 12.3 Å². The number of aryl methyl sites for hydroxylation is 2. The molecule has 7 heteroatoms. The number of thiazole rings is 1. The van der Waals surface area contributed by atoms with Crippen molar-refractivity contribution in [3.63, 3.8) is 0 Å². The molecule has 0 aliphatic heterocycles. The first kappa shape index (κ1) is 21.9. The zero-order valence-corrected chi connectivity index (χ0v) is 19.0. The fourth-order valence-electron chi connectivity index (χ4n) is 2.84. The highest BCUT2D eigenvalue weighted by atomic mass is 32.1. The zero-order chi connectivity index (χ0) is 21.5. The van der Waals surface area contributed by atoms with E-state index < -0.39 is 0 Å². The minimum absolute atomic E-state index is 0.216. The summed E-state index contributed by atoms with van der Waals surface area (Å²) in [5, 5.41) is 6.58. The quantitative estimate of drug-likeness (QED) is 0.470. The first-order chi connectivity index (χ1) is 14.5. The van der Waals surface area contributed by atoms with Crippen LogP contribution in [0, 0.1) is 6.92 Å². The normalized spacial score (nSPS) is 10.5. The van der Waals surface area contributed by atoms with Crippen molar-refractivity contribution in [2.75, 3.05) is 11.9 Å². The fourth-order valence-corrected chi connectivity index (χ4v) is 3.94. The Kier molecular flexibility index (Phi) is 7.54. The van der Waals surface area contributed by atoms with Crippen LogP contribution in [0.15, 0.2) is 48.5 Å². The molecule has 0 radical (unpaired) electrons. The van der Waals surface area contributed by atoms with Crippen LogP contribution in [-0.4, -0.2) is 22.6 Å². The molecule has 0 saturated heterocycles. The van der Waals surface area contributed by atoms with E-state index in [9.17, 15) is 4.79 Å². The van der Waals surface area contributed by atoms with Gasteiger partial charge in [-0.3, -0.25) is 10.1 Å². The lowest BCUT2D eigenvalue weighted by Crippen LogP contribution is -2.34. The second-order valence-corrected chi connectivity index (χ2v) is 8.37. The van der Waals surface area contributed by atoms with E-state index in [1.807, 2.05) is 13.8 Å². The summed E-state index contributed by atoms with van der Waals surface area (Å²) >= 11 is 6.80. The lowest BCUT2D eigenvalue weighted by molar-refractivity contribution is 0.0977. The molecular formula is C23H25N3O2S2. The van der Waals surface area contributed by atoms with E-state index in [4.69, 9.17) is 17.0 Å². The van der Waals surface area contributed by atoms with Gasteiger partial charge < -0.3 is 10.1 Å². The molecule has 0 spiro atoms. The maximum absolute atomic E-state index is 12.4. The third kappa shape index (κ3) is 5.64. The number of nitrogens with zero attached hydrogens (tertiary/aromatic N) is 1. The van der Waals surface area contributed by atoms with Crippen LogP contribution in [0.3, 0.4) is 0 Å². The van der Waals surface area contributed by atoms with Crippen molar-refractivity contribution < 1.29 is 9.53 Å². The van der Waals surface area contributed by atoms with E-state index in [2.05, 4.69) is 46.8 Å². The van der Waals surface area contributed by atoms with Gasteiger partial charge in [-0.05, 0) is 61.8 Å². The van der Waals surface area contributed by atoms with Crippen LogP contribution in [0.1, 0.15) is 41.1 Å². The van der Waals surface area contributed by atoms with Gasteiger partial charge in [-0.1, -0.05) is 38.1 Å². The Bertz CT molecular complexity index is 1010. The maximum atomic E-state index is 12.4. The fraction of sp³-hybridized carbons (Fsp3) is 0.261. The van der Waals surface area contributed by atoms with Gasteiger partial charge in [-0.15, -0.1) is 11.3 Å². The van der Waals surface area contributed by atoms with Gasteiger partial charge in [0.2, 0.25) is 0 Å². The van der Waals surface area contributed by atoms with Crippen LogP contribution in [0.25, 0.3) is 11.3 Å². The predicted molar refractivity (Wildman–Crippen MR) is 128 cm³/mol. The van der Waals surface area contributed by atoms with Crippen molar-refractivity contribution >= 4 is 39.7 Å². The molecule has 5 nitrogen and oxygen atoms in total. The van der Waals surface area contributed by atoms with E-state index in [1.54, 1.807) is 24.3 Å². The van der Waals surface area contributed by atoms with Gasteiger partial charge in [0.25, 0.3) is 5.91 Å². The highest BCUT2D eigenvalue weighted by Gasteiger charge is 2.13. The molecule has 0 aliphatic rings. The molecule has 0 unspecified atom stereocenters. The number of ether oxygens (including phenoxy) is 1. The summed E-state index contributed by atoms with van der Waals surface area (Å²) in [7, 11) is 0. The highest BCUT2D eigenvalue weighted by Crippen LogP contribution is 2.30. The summed E-state index contributed by atoms with van der Waals surface area (Å²) in [5.74, 6) is 0.463. The standard InChI is InChI=1S/C23H25N3O2S2/c1-4-14-28-19-12-10-18(11-13-19)21(27)25-22(29)26-23-24-20(15(3)30-23)17-8-6-16(5-2)7-9-17/h6-13H,4-5,14H2,1-3H3,(H2,24,25,26,27,29). The highest BCUT2D eigenvalue weighted by molar-refractivity contribution is 7.80. The van der Waals surface area contributed by atoms with Crippen molar-refractivity contribution in [2.24, 2.45) is 0 Å². The Labute approximate surface area is 186 Å². The molecule has 3 rings (SSSR count). The second-order valence-electron chi connectivity index (χ2n) is 6.76.